The average molecular weight is 313 g/mol. The lowest BCUT2D eigenvalue weighted by molar-refractivity contribution is 1.36. The van der Waals surface area contributed by atoms with Crippen LogP contribution in [0.5, 0.6) is 0 Å². The Hall–Kier alpha value is -2.93. The molecule has 0 unspecified atom stereocenters. The Labute approximate surface area is 145 Å². The van der Waals surface area contributed by atoms with Gasteiger partial charge in [0.1, 0.15) is 0 Å². The number of hydrogen-bond donors (Lipinski definition) is 0. The lowest BCUT2D eigenvalue weighted by Gasteiger charge is -2.11. The van der Waals surface area contributed by atoms with Gasteiger partial charge in [-0.05, 0) is 30.6 Å². The normalized spacial score (nSPS) is 12.8. The number of nitrogens with zero attached hydrogens (tertiary/aromatic N) is 1. The average Bonchev–Trinajstić information content (AvgIpc) is 2.64. The molecule has 0 bridgehead atoms. The molecule has 0 aliphatic heterocycles. The molecule has 120 valence electrons. The van der Waals surface area contributed by atoms with E-state index in [4.69, 9.17) is 4.99 Å². The van der Waals surface area contributed by atoms with E-state index >= 15 is 0 Å². The lowest BCUT2D eigenvalue weighted by atomic mass is 10.0. The molecule has 2 rings (SSSR count). The Kier molecular flexibility index (Phi) is 6.27. The van der Waals surface area contributed by atoms with Gasteiger partial charge in [-0.2, -0.15) is 0 Å². The Morgan fingerprint density at radius 3 is 1.96 bits per heavy atom. The van der Waals surface area contributed by atoms with Crippen LogP contribution in [0.15, 0.2) is 108 Å². The molecule has 0 aliphatic rings. The van der Waals surface area contributed by atoms with Crippen molar-refractivity contribution < 1.29 is 0 Å². The quantitative estimate of drug-likeness (QED) is 0.443. The summed E-state index contributed by atoms with van der Waals surface area (Å²) in [5.41, 5.74) is 6.10. The largest absolute Gasteiger partial charge is 0.252 e. The van der Waals surface area contributed by atoms with Crippen LogP contribution in [0.4, 0.5) is 0 Å². The van der Waals surface area contributed by atoms with Gasteiger partial charge in [-0.25, -0.2) is 0 Å². The molecule has 0 N–H and O–H groups in total. The first kappa shape index (κ1) is 17.4. The SMILES string of the molecule is C=C/C=C\C(=C)/C(C)=C(\N=C(C)c1ccccc1)c1ccccc1. The Morgan fingerprint density at radius 1 is 0.875 bits per heavy atom. The molecule has 2 aromatic rings. The van der Waals surface area contributed by atoms with E-state index in [1.807, 2.05) is 55.5 Å². The molecule has 0 saturated carbocycles. The second kappa shape index (κ2) is 8.64. The zero-order valence-electron chi connectivity index (χ0n) is 14.4. The second-order valence-corrected chi connectivity index (χ2v) is 5.52. The summed E-state index contributed by atoms with van der Waals surface area (Å²) in [6.45, 7) is 12.0. The highest BCUT2D eigenvalue weighted by atomic mass is 14.8. The molecule has 0 radical (unpaired) electrons. The molecule has 0 aromatic heterocycles. The maximum atomic E-state index is 4.92. The summed E-state index contributed by atoms with van der Waals surface area (Å²) in [6.07, 6.45) is 5.60. The molecule has 1 heteroatoms. The van der Waals surface area contributed by atoms with Crippen LogP contribution in [0.3, 0.4) is 0 Å². The number of benzene rings is 2. The van der Waals surface area contributed by atoms with E-state index in [-0.39, 0.29) is 0 Å². The lowest BCUT2D eigenvalue weighted by Crippen LogP contribution is -1.97. The summed E-state index contributed by atoms with van der Waals surface area (Å²) >= 11 is 0. The van der Waals surface area contributed by atoms with Crippen molar-refractivity contribution in [2.45, 2.75) is 13.8 Å². The van der Waals surface area contributed by atoms with Crippen molar-refractivity contribution in [2.75, 3.05) is 0 Å². The Morgan fingerprint density at radius 2 is 1.42 bits per heavy atom. The highest BCUT2D eigenvalue weighted by Crippen LogP contribution is 2.25. The van der Waals surface area contributed by atoms with Crippen LogP contribution in [-0.2, 0) is 0 Å². The van der Waals surface area contributed by atoms with Gasteiger partial charge in [-0.3, -0.25) is 4.99 Å². The van der Waals surface area contributed by atoms with Gasteiger partial charge < -0.3 is 0 Å². The Balaban J connectivity index is 2.54. The van der Waals surface area contributed by atoms with E-state index in [1.165, 1.54) is 0 Å². The molecular weight excluding hydrogens is 290 g/mol. The fourth-order valence-electron chi connectivity index (χ4n) is 2.33. The monoisotopic (exact) mass is 313 g/mol. The van der Waals surface area contributed by atoms with Crippen molar-refractivity contribution in [3.63, 3.8) is 0 Å². The first-order valence-electron chi connectivity index (χ1n) is 7.99. The van der Waals surface area contributed by atoms with Gasteiger partial charge in [-0.1, -0.05) is 92.0 Å². The third-order valence-electron chi connectivity index (χ3n) is 3.79. The minimum Gasteiger partial charge on any atom is -0.252 e. The minimum absolute atomic E-state index is 0.929. The molecule has 24 heavy (non-hydrogen) atoms. The zero-order valence-corrected chi connectivity index (χ0v) is 14.4. The van der Waals surface area contributed by atoms with Crippen molar-refractivity contribution in [1.29, 1.82) is 0 Å². The summed E-state index contributed by atoms with van der Waals surface area (Å²) in [7, 11) is 0. The van der Waals surface area contributed by atoms with E-state index in [1.54, 1.807) is 6.08 Å². The topological polar surface area (TPSA) is 12.4 Å². The van der Waals surface area contributed by atoms with E-state index in [0.29, 0.717) is 0 Å². The van der Waals surface area contributed by atoms with Gasteiger partial charge in [0.05, 0.1) is 5.70 Å². The second-order valence-electron chi connectivity index (χ2n) is 5.52. The van der Waals surface area contributed by atoms with Crippen molar-refractivity contribution in [1.82, 2.24) is 0 Å². The Bertz CT molecular complexity index is 790. The van der Waals surface area contributed by atoms with Gasteiger partial charge >= 0.3 is 0 Å². The number of allylic oxidation sites excluding steroid dienone is 5. The van der Waals surface area contributed by atoms with Crippen LogP contribution >= 0.6 is 0 Å². The van der Waals surface area contributed by atoms with Crippen LogP contribution < -0.4 is 0 Å². The van der Waals surface area contributed by atoms with Gasteiger partial charge in [0.15, 0.2) is 0 Å². The number of aliphatic imine (C=N–C) groups is 1. The van der Waals surface area contributed by atoms with Crippen LogP contribution in [0, 0.1) is 0 Å². The van der Waals surface area contributed by atoms with Crippen LogP contribution in [-0.4, -0.2) is 5.71 Å². The molecular formula is C23H23N. The number of rotatable bonds is 6. The van der Waals surface area contributed by atoms with Crippen molar-refractivity contribution >= 4 is 11.4 Å². The fraction of sp³-hybridized carbons (Fsp3) is 0.0870. The van der Waals surface area contributed by atoms with E-state index in [0.717, 1.165) is 33.7 Å². The van der Waals surface area contributed by atoms with Crippen molar-refractivity contribution in [2.24, 2.45) is 4.99 Å². The van der Waals surface area contributed by atoms with E-state index in [9.17, 15) is 0 Å². The third-order valence-corrected chi connectivity index (χ3v) is 3.79. The van der Waals surface area contributed by atoms with Crippen LogP contribution in [0.1, 0.15) is 25.0 Å². The molecule has 0 spiro atoms. The summed E-state index contributed by atoms with van der Waals surface area (Å²) in [5, 5.41) is 0. The first-order chi connectivity index (χ1) is 11.6. The summed E-state index contributed by atoms with van der Waals surface area (Å²) in [4.78, 5) is 4.92. The summed E-state index contributed by atoms with van der Waals surface area (Å²) < 4.78 is 0. The first-order valence-corrected chi connectivity index (χ1v) is 7.99. The van der Waals surface area contributed by atoms with Crippen LogP contribution in [0.2, 0.25) is 0 Å². The highest BCUT2D eigenvalue weighted by Gasteiger charge is 2.08. The molecule has 0 saturated heterocycles. The van der Waals surface area contributed by atoms with E-state index < -0.39 is 0 Å². The van der Waals surface area contributed by atoms with Crippen molar-refractivity contribution in [3.8, 4) is 0 Å². The fourth-order valence-corrected chi connectivity index (χ4v) is 2.33. The maximum Gasteiger partial charge on any atom is 0.0740 e. The van der Waals surface area contributed by atoms with Gasteiger partial charge in [0.25, 0.3) is 0 Å². The predicted molar refractivity (Wildman–Crippen MR) is 106 cm³/mol. The van der Waals surface area contributed by atoms with Gasteiger partial charge in [0.2, 0.25) is 0 Å². The number of hydrogen-bond acceptors (Lipinski definition) is 1. The molecule has 2 aromatic carbocycles. The molecule has 0 amide bonds. The van der Waals surface area contributed by atoms with Crippen molar-refractivity contribution in [3.05, 3.63) is 114 Å². The van der Waals surface area contributed by atoms with Gasteiger partial charge in [0, 0.05) is 11.3 Å². The summed E-state index contributed by atoms with van der Waals surface area (Å²) in [6, 6.07) is 20.4. The third kappa shape index (κ3) is 4.53. The maximum absolute atomic E-state index is 4.92. The standard InChI is InChI=1S/C23H23N/c1-5-6-13-18(2)19(3)23(22-16-11-8-12-17-22)24-20(4)21-14-9-7-10-15-21/h5-17H,1-2H2,3-4H3/b13-6-,23-19-,24-20?. The smallest absolute Gasteiger partial charge is 0.0740 e. The molecule has 0 atom stereocenters. The molecule has 0 fully saturated rings. The minimum atomic E-state index is 0.929. The molecule has 0 heterocycles. The van der Waals surface area contributed by atoms with E-state index in [2.05, 4.69) is 44.3 Å². The van der Waals surface area contributed by atoms with Crippen LogP contribution in [0.25, 0.3) is 5.70 Å². The predicted octanol–water partition coefficient (Wildman–Crippen LogP) is 6.23. The zero-order chi connectivity index (χ0) is 17.4. The highest BCUT2D eigenvalue weighted by molar-refractivity contribution is 6.02. The molecule has 1 nitrogen and oxygen atoms in total. The molecule has 0 aliphatic carbocycles. The van der Waals surface area contributed by atoms with Gasteiger partial charge in [-0.15, -0.1) is 0 Å². The summed E-state index contributed by atoms with van der Waals surface area (Å²) in [5.74, 6) is 0.